The van der Waals surface area contributed by atoms with E-state index < -0.39 is 0 Å². The Morgan fingerprint density at radius 3 is 1.36 bits per heavy atom. The van der Waals surface area contributed by atoms with Gasteiger partial charge in [0.05, 0.1) is 12.1 Å². The van der Waals surface area contributed by atoms with E-state index in [1.165, 1.54) is 11.1 Å². The quantitative estimate of drug-likeness (QED) is 0.682. The minimum absolute atomic E-state index is 0.168. The van der Waals surface area contributed by atoms with Crippen LogP contribution in [0.1, 0.15) is 23.2 Å². The molecule has 2 heteroatoms. The van der Waals surface area contributed by atoms with E-state index in [1.807, 2.05) is 24.3 Å². The lowest BCUT2D eigenvalue weighted by atomic mass is 9.93. The van der Waals surface area contributed by atoms with E-state index >= 15 is 0 Å². The molecule has 2 nitrogen and oxygen atoms in total. The smallest absolute Gasteiger partial charge is 0.0520 e. The van der Waals surface area contributed by atoms with E-state index in [4.69, 9.17) is 0 Å². The summed E-state index contributed by atoms with van der Waals surface area (Å²) in [4.78, 5) is 0. The summed E-state index contributed by atoms with van der Waals surface area (Å²) in [5.74, 6) is 0. The topological polar surface area (TPSA) is 24.1 Å². The number of rotatable bonds is 9. The third-order valence-electron chi connectivity index (χ3n) is 3.61. The molecule has 2 aromatic carbocycles. The first-order valence-corrected chi connectivity index (χ1v) is 7.65. The van der Waals surface area contributed by atoms with Crippen molar-refractivity contribution < 1.29 is 0 Å². The Morgan fingerprint density at radius 2 is 1.05 bits per heavy atom. The van der Waals surface area contributed by atoms with Crippen molar-refractivity contribution in [2.75, 3.05) is 13.1 Å². The van der Waals surface area contributed by atoms with Crippen molar-refractivity contribution in [2.45, 2.75) is 12.1 Å². The predicted octanol–water partition coefficient (Wildman–Crippen LogP) is 4.02. The van der Waals surface area contributed by atoms with E-state index in [2.05, 4.69) is 72.3 Å². The van der Waals surface area contributed by atoms with Crippen LogP contribution in [0.4, 0.5) is 0 Å². The summed E-state index contributed by atoms with van der Waals surface area (Å²) in [7, 11) is 0. The Hall–Kier alpha value is -2.16. The molecule has 0 saturated carbocycles. The number of benzene rings is 2. The summed E-state index contributed by atoms with van der Waals surface area (Å²) in [5, 5.41) is 7.16. The Morgan fingerprint density at radius 1 is 0.682 bits per heavy atom. The molecule has 0 aliphatic heterocycles. The molecular weight excluding hydrogens is 268 g/mol. The van der Waals surface area contributed by atoms with Crippen LogP contribution in [0, 0.1) is 0 Å². The summed E-state index contributed by atoms with van der Waals surface area (Å²) in [6.45, 7) is 9.17. The molecule has 22 heavy (non-hydrogen) atoms. The van der Waals surface area contributed by atoms with Gasteiger partial charge in [0.2, 0.25) is 0 Å². The maximum absolute atomic E-state index is 3.82. The van der Waals surface area contributed by atoms with Crippen molar-refractivity contribution in [3.05, 3.63) is 97.1 Å². The van der Waals surface area contributed by atoms with Gasteiger partial charge in [-0.1, -0.05) is 72.8 Å². The van der Waals surface area contributed by atoms with E-state index in [0.29, 0.717) is 0 Å². The van der Waals surface area contributed by atoms with Crippen LogP contribution in [0.25, 0.3) is 0 Å². The lowest BCUT2D eigenvalue weighted by Crippen LogP contribution is -2.35. The largest absolute Gasteiger partial charge is 0.305 e. The van der Waals surface area contributed by atoms with Crippen LogP contribution in [0.5, 0.6) is 0 Å². The summed E-state index contributed by atoms with van der Waals surface area (Å²) in [5.41, 5.74) is 2.52. The van der Waals surface area contributed by atoms with Gasteiger partial charge >= 0.3 is 0 Å². The first-order chi connectivity index (χ1) is 10.9. The van der Waals surface area contributed by atoms with E-state index in [9.17, 15) is 0 Å². The monoisotopic (exact) mass is 292 g/mol. The fraction of sp³-hybridized carbons (Fsp3) is 0.200. The zero-order valence-electron chi connectivity index (χ0n) is 12.9. The second-order valence-corrected chi connectivity index (χ2v) is 5.17. The third kappa shape index (κ3) is 4.42. The fourth-order valence-corrected chi connectivity index (χ4v) is 2.60. The Balaban J connectivity index is 2.33. The fourth-order valence-electron chi connectivity index (χ4n) is 2.60. The average Bonchev–Trinajstić information content (AvgIpc) is 2.59. The normalized spacial score (nSPS) is 13.3. The molecule has 2 N–H and O–H groups in total. The number of hydrogen-bond donors (Lipinski definition) is 2. The van der Waals surface area contributed by atoms with Gasteiger partial charge in [-0.25, -0.2) is 0 Å². The molecule has 2 aromatic rings. The maximum Gasteiger partial charge on any atom is 0.0520 e. The molecule has 2 atom stereocenters. The van der Waals surface area contributed by atoms with Gasteiger partial charge in [-0.3, -0.25) is 0 Å². The van der Waals surface area contributed by atoms with Crippen LogP contribution >= 0.6 is 0 Å². The molecule has 0 aromatic heterocycles. The van der Waals surface area contributed by atoms with Gasteiger partial charge in [0.1, 0.15) is 0 Å². The molecule has 0 radical (unpaired) electrons. The SMILES string of the molecule is C=CCN[C@@H](c1ccccc1)[C@@H](NCC=C)c1ccccc1. The molecular formula is C20H24N2. The van der Waals surface area contributed by atoms with Crippen molar-refractivity contribution in [1.29, 1.82) is 0 Å². The lowest BCUT2D eigenvalue weighted by molar-refractivity contribution is 0.409. The van der Waals surface area contributed by atoms with Crippen LogP contribution in [0.2, 0.25) is 0 Å². The lowest BCUT2D eigenvalue weighted by Gasteiger charge is -2.29. The second-order valence-electron chi connectivity index (χ2n) is 5.17. The Labute approximate surface area is 133 Å². The zero-order valence-corrected chi connectivity index (χ0v) is 12.9. The van der Waals surface area contributed by atoms with Crippen LogP contribution in [0.3, 0.4) is 0 Å². The average molecular weight is 292 g/mol. The summed E-state index contributed by atoms with van der Waals surface area (Å²) in [6.07, 6.45) is 3.79. The van der Waals surface area contributed by atoms with Crippen molar-refractivity contribution in [1.82, 2.24) is 10.6 Å². The van der Waals surface area contributed by atoms with Crippen LogP contribution in [0.15, 0.2) is 86.0 Å². The van der Waals surface area contributed by atoms with Gasteiger partial charge < -0.3 is 10.6 Å². The first kappa shape index (κ1) is 16.2. The van der Waals surface area contributed by atoms with Gasteiger partial charge in [0.15, 0.2) is 0 Å². The summed E-state index contributed by atoms with van der Waals surface area (Å²) in [6, 6.07) is 21.4. The number of hydrogen-bond acceptors (Lipinski definition) is 2. The maximum atomic E-state index is 3.82. The van der Waals surface area contributed by atoms with Crippen molar-refractivity contribution in [3.63, 3.8) is 0 Å². The molecule has 0 bridgehead atoms. The van der Waals surface area contributed by atoms with Crippen LogP contribution in [-0.2, 0) is 0 Å². The first-order valence-electron chi connectivity index (χ1n) is 7.65. The van der Waals surface area contributed by atoms with Gasteiger partial charge in [-0.05, 0) is 11.1 Å². The molecule has 0 saturated heterocycles. The standard InChI is InChI=1S/C20H24N2/c1-3-15-21-19(17-11-7-5-8-12-17)20(22-16-4-2)18-13-9-6-10-14-18/h3-14,19-22H,1-2,15-16H2/t19-,20-/m0/s1. The van der Waals surface area contributed by atoms with E-state index in [1.54, 1.807) is 0 Å². The van der Waals surface area contributed by atoms with Crippen LogP contribution in [-0.4, -0.2) is 13.1 Å². The van der Waals surface area contributed by atoms with E-state index in [-0.39, 0.29) is 12.1 Å². The second kappa shape index (κ2) is 8.98. The predicted molar refractivity (Wildman–Crippen MR) is 94.8 cm³/mol. The van der Waals surface area contributed by atoms with Crippen molar-refractivity contribution in [2.24, 2.45) is 0 Å². The Bertz CT molecular complexity index is 509. The molecule has 0 unspecified atom stereocenters. The van der Waals surface area contributed by atoms with Crippen molar-refractivity contribution >= 4 is 0 Å². The van der Waals surface area contributed by atoms with E-state index in [0.717, 1.165) is 13.1 Å². The minimum Gasteiger partial charge on any atom is -0.305 e. The highest BCUT2D eigenvalue weighted by molar-refractivity contribution is 5.28. The molecule has 0 spiro atoms. The highest BCUT2D eigenvalue weighted by atomic mass is 15.0. The summed E-state index contributed by atoms with van der Waals surface area (Å²) < 4.78 is 0. The van der Waals surface area contributed by atoms with Crippen molar-refractivity contribution in [3.8, 4) is 0 Å². The molecule has 0 heterocycles. The molecule has 2 rings (SSSR count). The molecule has 0 amide bonds. The highest BCUT2D eigenvalue weighted by Crippen LogP contribution is 2.28. The van der Waals surface area contributed by atoms with Gasteiger partial charge in [0, 0.05) is 13.1 Å². The number of nitrogens with one attached hydrogen (secondary N) is 2. The molecule has 114 valence electrons. The minimum atomic E-state index is 0.168. The summed E-state index contributed by atoms with van der Waals surface area (Å²) >= 11 is 0. The van der Waals surface area contributed by atoms with Crippen LogP contribution < -0.4 is 10.6 Å². The molecule has 0 aliphatic carbocycles. The zero-order chi connectivity index (χ0) is 15.6. The van der Waals surface area contributed by atoms with Gasteiger partial charge in [0.25, 0.3) is 0 Å². The van der Waals surface area contributed by atoms with Gasteiger partial charge in [-0.15, -0.1) is 13.2 Å². The highest BCUT2D eigenvalue weighted by Gasteiger charge is 2.23. The van der Waals surface area contributed by atoms with Gasteiger partial charge in [-0.2, -0.15) is 0 Å². The Kier molecular flexibility index (Phi) is 6.62. The third-order valence-corrected chi connectivity index (χ3v) is 3.61. The molecule has 0 fully saturated rings. The molecule has 0 aliphatic rings.